The Hall–Kier alpha value is -2.63. The van der Waals surface area contributed by atoms with Gasteiger partial charge in [-0.15, -0.1) is 0 Å². The third-order valence-corrected chi connectivity index (χ3v) is 4.89. The van der Waals surface area contributed by atoms with Crippen LogP contribution in [0.5, 0.6) is 0 Å². The van der Waals surface area contributed by atoms with Gasteiger partial charge in [0.25, 0.3) is 0 Å². The summed E-state index contributed by atoms with van der Waals surface area (Å²) in [5.74, 6) is -0.0993. The second-order valence-corrected chi connectivity index (χ2v) is 6.40. The summed E-state index contributed by atoms with van der Waals surface area (Å²) in [6, 6.07) is 7.52. The van der Waals surface area contributed by atoms with E-state index in [-0.39, 0.29) is 17.7 Å². The van der Waals surface area contributed by atoms with Gasteiger partial charge < -0.3 is 10.2 Å². The molecule has 0 spiro atoms. The number of hydrogen-bond acceptors (Lipinski definition) is 3. The smallest absolute Gasteiger partial charge is 0.232 e. The van der Waals surface area contributed by atoms with Crippen molar-refractivity contribution in [1.82, 2.24) is 10.2 Å². The van der Waals surface area contributed by atoms with E-state index in [0.717, 1.165) is 42.6 Å². The van der Waals surface area contributed by atoms with Crippen LogP contribution in [0.2, 0.25) is 0 Å². The van der Waals surface area contributed by atoms with E-state index in [4.69, 9.17) is 0 Å². The van der Waals surface area contributed by atoms with Crippen molar-refractivity contribution >= 4 is 23.2 Å². The number of anilines is 2. The largest absolute Gasteiger partial charge is 0.324 e. The lowest BCUT2D eigenvalue weighted by atomic mass is 9.86. The maximum Gasteiger partial charge on any atom is 0.232 e. The molecule has 1 atom stereocenters. The quantitative estimate of drug-likeness (QED) is 0.911. The second kappa shape index (κ2) is 6.11. The molecule has 2 N–H and O–H groups in total. The van der Waals surface area contributed by atoms with Gasteiger partial charge in [0.15, 0.2) is 0 Å². The first-order valence-electron chi connectivity index (χ1n) is 8.46. The predicted molar refractivity (Wildman–Crippen MR) is 90.9 cm³/mol. The molecule has 0 radical (unpaired) electrons. The number of para-hydroxylation sites is 2. The molecule has 1 fully saturated rings. The Morgan fingerprint density at radius 1 is 1.25 bits per heavy atom. The molecule has 2 aromatic rings. The van der Waals surface area contributed by atoms with Gasteiger partial charge in [0.05, 0.1) is 23.5 Å². The highest BCUT2D eigenvalue weighted by Crippen LogP contribution is 2.34. The van der Waals surface area contributed by atoms with Crippen molar-refractivity contribution in [3.8, 4) is 0 Å². The first-order valence-corrected chi connectivity index (χ1v) is 8.46. The SMILES string of the molecule is O=C(Nc1ccccc1N1CCCC1=O)C1CCCc2[nH]ncc21. The molecular formula is C18H20N4O2. The number of aromatic amines is 1. The number of aromatic nitrogens is 2. The highest BCUT2D eigenvalue weighted by molar-refractivity contribution is 6.03. The molecular weight excluding hydrogens is 304 g/mol. The van der Waals surface area contributed by atoms with Crippen LogP contribution in [-0.2, 0) is 16.0 Å². The lowest BCUT2D eigenvalue weighted by molar-refractivity contribution is -0.118. The van der Waals surface area contributed by atoms with Crippen LogP contribution >= 0.6 is 0 Å². The molecule has 1 aliphatic heterocycles. The van der Waals surface area contributed by atoms with Crippen molar-refractivity contribution in [2.24, 2.45) is 0 Å². The van der Waals surface area contributed by atoms with Crippen molar-refractivity contribution in [2.75, 3.05) is 16.8 Å². The van der Waals surface area contributed by atoms with Crippen LogP contribution in [0.25, 0.3) is 0 Å². The molecule has 6 nitrogen and oxygen atoms in total. The molecule has 1 aromatic heterocycles. The van der Waals surface area contributed by atoms with Gasteiger partial charge in [-0.2, -0.15) is 5.10 Å². The van der Waals surface area contributed by atoms with E-state index in [2.05, 4.69) is 15.5 Å². The molecule has 1 unspecified atom stereocenters. The molecule has 124 valence electrons. The summed E-state index contributed by atoms with van der Waals surface area (Å²) >= 11 is 0. The molecule has 1 aliphatic carbocycles. The first kappa shape index (κ1) is 14.9. The number of carbonyl (C=O) groups excluding carboxylic acids is 2. The minimum atomic E-state index is -0.185. The highest BCUT2D eigenvalue weighted by Gasteiger charge is 2.29. The van der Waals surface area contributed by atoms with Crippen molar-refractivity contribution in [3.63, 3.8) is 0 Å². The molecule has 1 aromatic carbocycles. The topological polar surface area (TPSA) is 78.1 Å². The summed E-state index contributed by atoms with van der Waals surface area (Å²) in [5.41, 5.74) is 3.54. The van der Waals surface area contributed by atoms with Gasteiger partial charge in [0.2, 0.25) is 11.8 Å². The van der Waals surface area contributed by atoms with Gasteiger partial charge in [-0.05, 0) is 37.8 Å². The van der Waals surface area contributed by atoms with Crippen LogP contribution in [0.1, 0.15) is 42.9 Å². The summed E-state index contributed by atoms with van der Waals surface area (Å²) in [6.45, 7) is 0.709. The molecule has 0 bridgehead atoms. The Labute approximate surface area is 140 Å². The van der Waals surface area contributed by atoms with E-state index in [1.54, 1.807) is 11.1 Å². The van der Waals surface area contributed by atoms with Crippen LogP contribution < -0.4 is 10.2 Å². The minimum absolute atomic E-state index is 0.0311. The Bertz CT molecular complexity index is 783. The number of rotatable bonds is 3. The van der Waals surface area contributed by atoms with Gasteiger partial charge in [-0.25, -0.2) is 0 Å². The minimum Gasteiger partial charge on any atom is -0.324 e. The van der Waals surface area contributed by atoms with Gasteiger partial charge in [-0.1, -0.05) is 12.1 Å². The Morgan fingerprint density at radius 2 is 2.12 bits per heavy atom. The molecule has 2 heterocycles. The number of aryl methyl sites for hydroxylation is 1. The van der Waals surface area contributed by atoms with Crippen LogP contribution in [0.3, 0.4) is 0 Å². The normalized spacial score (nSPS) is 20.1. The predicted octanol–water partition coefficient (Wildman–Crippen LogP) is 2.60. The van der Waals surface area contributed by atoms with Crippen LogP contribution in [-0.4, -0.2) is 28.6 Å². The zero-order valence-electron chi connectivity index (χ0n) is 13.4. The number of carbonyl (C=O) groups is 2. The second-order valence-electron chi connectivity index (χ2n) is 6.40. The van der Waals surface area contributed by atoms with Crippen molar-refractivity contribution in [1.29, 1.82) is 0 Å². The van der Waals surface area contributed by atoms with E-state index in [1.807, 2.05) is 24.3 Å². The Balaban J connectivity index is 1.58. The molecule has 24 heavy (non-hydrogen) atoms. The van der Waals surface area contributed by atoms with E-state index in [0.29, 0.717) is 18.7 Å². The van der Waals surface area contributed by atoms with Gasteiger partial charge >= 0.3 is 0 Å². The molecule has 2 amide bonds. The average molecular weight is 324 g/mol. The van der Waals surface area contributed by atoms with Crippen molar-refractivity contribution in [2.45, 2.75) is 38.0 Å². The number of fused-ring (bicyclic) bond motifs is 1. The lowest BCUT2D eigenvalue weighted by Gasteiger charge is -2.24. The zero-order valence-corrected chi connectivity index (χ0v) is 13.4. The third kappa shape index (κ3) is 2.58. The van der Waals surface area contributed by atoms with Crippen LogP contribution in [0.4, 0.5) is 11.4 Å². The Morgan fingerprint density at radius 3 is 2.96 bits per heavy atom. The molecule has 4 rings (SSSR count). The number of nitrogens with zero attached hydrogens (tertiary/aromatic N) is 2. The van der Waals surface area contributed by atoms with E-state index in [1.165, 1.54) is 0 Å². The summed E-state index contributed by atoms with van der Waals surface area (Å²) in [4.78, 5) is 26.6. The standard InChI is InChI=1S/C18H20N4O2/c23-17-9-4-10-22(17)16-8-2-1-6-15(16)20-18(24)12-5-3-7-14-13(12)11-19-21-14/h1-2,6,8,11-12H,3-5,7,9-10H2,(H,19,21)(H,20,24). The van der Waals surface area contributed by atoms with E-state index >= 15 is 0 Å². The molecule has 1 saturated heterocycles. The summed E-state index contributed by atoms with van der Waals surface area (Å²) in [7, 11) is 0. The number of H-pyrrole nitrogens is 1. The number of hydrogen-bond donors (Lipinski definition) is 2. The molecule has 0 saturated carbocycles. The van der Waals surface area contributed by atoms with Gasteiger partial charge in [0.1, 0.15) is 0 Å². The van der Waals surface area contributed by atoms with Crippen LogP contribution in [0.15, 0.2) is 30.5 Å². The maximum atomic E-state index is 12.8. The summed E-state index contributed by atoms with van der Waals surface area (Å²) < 4.78 is 0. The summed E-state index contributed by atoms with van der Waals surface area (Å²) in [5, 5.41) is 10.1. The third-order valence-electron chi connectivity index (χ3n) is 4.89. The van der Waals surface area contributed by atoms with Crippen LogP contribution in [0, 0.1) is 0 Å². The molecule has 2 aliphatic rings. The molecule has 6 heteroatoms. The maximum absolute atomic E-state index is 12.8. The fourth-order valence-electron chi connectivity index (χ4n) is 3.67. The zero-order chi connectivity index (χ0) is 16.5. The monoisotopic (exact) mass is 324 g/mol. The van der Waals surface area contributed by atoms with Crippen molar-refractivity contribution in [3.05, 3.63) is 41.7 Å². The fourth-order valence-corrected chi connectivity index (χ4v) is 3.67. The van der Waals surface area contributed by atoms with E-state index in [9.17, 15) is 9.59 Å². The van der Waals surface area contributed by atoms with Crippen molar-refractivity contribution < 1.29 is 9.59 Å². The average Bonchev–Trinajstić information content (AvgIpc) is 3.23. The number of amides is 2. The summed E-state index contributed by atoms with van der Waals surface area (Å²) in [6.07, 6.45) is 5.93. The highest BCUT2D eigenvalue weighted by atomic mass is 16.2. The first-order chi connectivity index (χ1) is 11.7. The fraction of sp³-hybridized carbons (Fsp3) is 0.389. The lowest BCUT2D eigenvalue weighted by Crippen LogP contribution is -2.28. The number of nitrogens with one attached hydrogen (secondary N) is 2. The van der Waals surface area contributed by atoms with Gasteiger partial charge in [0, 0.05) is 24.2 Å². The Kier molecular flexibility index (Phi) is 3.80. The van der Waals surface area contributed by atoms with E-state index < -0.39 is 0 Å². The van der Waals surface area contributed by atoms with Gasteiger partial charge in [-0.3, -0.25) is 14.7 Å². The number of benzene rings is 1.